The molecule has 0 aromatic carbocycles. The Morgan fingerprint density at radius 3 is 1.59 bits per heavy atom. The van der Waals surface area contributed by atoms with Crippen molar-refractivity contribution in [3.63, 3.8) is 0 Å². The highest BCUT2D eigenvalue weighted by atomic mass is 16.3. The van der Waals surface area contributed by atoms with Crippen LogP contribution in [0.15, 0.2) is 0 Å². The molecule has 0 bridgehead atoms. The summed E-state index contributed by atoms with van der Waals surface area (Å²) in [7, 11) is 0. The topological polar surface area (TPSA) is 63.9 Å². The van der Waals surface area contributed by atoms with E-state index in [9.17, 15) is 15.3 Å². The van der Waals surface area contributed by atoms with E-state index in [0.29, 0.717) is 19.6 Å². The Balaban J connectivity index is 3.69. The second kappa shape index (κ2) is 14.4. The van der Waals surface area contributed by atoms with Crippen molar-refractivity contribution in [2.75, 3.05) is 19.6 Å². The molecule has 0 amide bonds. The van der Waals surface area contributed by atoms with Gasteiger partial charge in [0.25, 0.3) is 0 Å². The van der Waals surface area contributed by atoms with Gasteiger partial charge in [0.1, 0.15) is 0 Å². The molecule has 22 heavy (non-hydrogen) atoms. The van der Waals surface area contributed by atoms with Gasteiger partial charge in [0, 0.05) is 19.6 Å². The molecule has 0 radical (unpaired) electrons. The van der Waals surface area contributed by atoms with Crippen LogP contribution in [0.25, 0.3) is 0 Å². The summed E-state index contributed by atoms with van der Waals surface area (Å²) in [6.07, 6.45) is 9.74. The highest BCUT2D eigenvalue weighted by Crippen LogP contribution is 2.11. The number of aliphatic hydroxyl groups excluding tert-OH is 3. The van der Waals surface area contributed by atoms with Crippen LogP contribution in [-0.4, -0.2) is 58.2 Å². The van der Waals surface area contributed by atoms with Crippen LogP contribution < -0.4 is 0 Å². The maximum atomic E-state index is 10.1. The van der Waals surface area contributed by atoms with Gasteiger partial charge in [0.15, 0.2) is 0 Å². The van der Waals surface area contributed by atoms with Crippen LogP contribution in [0.2, 0.25) is 0 Å². The second-order valence-corrected chi connectivity index (χ2v) is 6.83. The number of rotatable bonds is 15. The molecule has 4 nitrogen and oxygen atoms in total. The first-order valence-electron chi connectivity index (χ1n) is 9.22. The molecule has 3 N–H and O–H groups in total. The van der Waals surface area contributed by atoms with Gasteiger partial charge in [0.05, 0.1) is 18.3 Å². The number of hydrogen-bond donors (Lipinski definition) is 3. The second-order valence-electron chi connectivity index (χ2n) is 6.83. The molecule has 0 aromatic heterocycles. The van der Waals surface area contributed by atoms with Crippen LogP contribution in [0.1, 0.15) is 78.6 Å². The third-order valence-electron chi connectivity index (χ3n) is 3.90. The lowest BCUT2D eigenvalue weighted by atomic mass is 10.1. The van der Waals surface area contributed by atoms with Crippen molar-refractivity contribution in [3.05, 3.63) is 0 Å². The molecule has 0 spiro atoms. The predicted octanol–water partition coefficient (Wildman–Crippen LogP) is 2.94. The molecule has 0 unspecified atom stereocenters. The smallest absolute Gasteiger partial charge is 0.0667 e. The average molecular weight is 318 g/mol. The van der Waals surface area contributed by atoms with Gasteiger partial charge in [-0.05, 0) is 20.3 Å². The van der Waals surface area contributed by atoms with Crippen LogP contribution in [-0.2, 0) is 0 Å². The summed E-state index contributed by atoms with van der Waals surface area (Å²) in [6.45, 7) is 7.24. The van der Waals surface area contributed by atoms with Gasteiger partial charge < -0.3 is 15.3 Å². The third kappa shape index (κ3) is 14.8. The van der Waals surface area contributed by atoms with Crippen LogP contribution in [0.5, 0.6) is 0 Å². The largest absolute Gasteiger partial charge is 0.392 e. The van der Waals surface area contributed by atoms with Gasteiger partial charge in [-0.3, -0.25) is 4.90 Å². The van der Waals surface area contributed by atoms with Gasteiger partial charge in [-0.2, -0.15) is 0 Å². The maximum Gasteiger partial charge on any atom is 0.0667 e. The Kier molecular flexibility index (Phi) is 14.3. The van der Waals surface area contributed by atoms with E-state index in [-0.39, 0.29) is 6.10 Å². The zero-order chi connectivity index (χ0) is 16.8. The summed E-state index contributed by atoms with van der Waals surface area (Å²) < 4.78 is 0. The van der Waals surface area contributed by atoms with Gasteiger partial charge in [-0.15, -0.1) is 0 Å². The molecule has 0 aliphatic heterocycles. The standard InChI is InChI=1S/C18H39NO3/c1-4-5-6-7-8-9-10-11-12-18(22)15-19(13-16(2)20)14-17(3)21/h16-18,20-22H,4-15H2,1-3H3/t16-,17-,18+/m0/s1. The number of nitrogens with zero attached hydrogens (tertiary/aromatic N) is 1. The minimum atomic E-state index is -0.436. The fourth-order valence-electron chi connectivity index (χ4n) is 2.87. The Labute approximate surface area is 137 Å². The van der Waals surface area contributed by atoms with E-state index in [0.717, 1.165) is 12.8 Å². The van der Waals surface area contributed by atoms with E-state index >= 15 is 0 Å². The molecular formula is C18H39NO3. The minimum Gasteiger partial charge on any atom is -0.392 e. The maximum absolute atomic E-state index is 10.1. The lowest BCUT2D eigenvalue weighted by Gasteiger charge is -2.27. The summed E-state index contributed by atoms with van der Waals surface area (Å²) in [4.78, 5) is 1.95. The molecule has 0 aromatic rings. The van der Waals surface area contributed by atoms with Crippen molar-refractivity contribution in [3.8, 4) is 0 Å². The molecule has 134 valence electrons. The molecule has 4 heteroatoms. The molecule has 0 fully saturated rings. The van der Waals surface area contributed by atoms with Crippen molar-refractivity contribution in [1.82, 2.24) is 4.90 Å². The molecule has 0 rings (SSSR count). The highest BCUT2D eigenvalue weighted by molar-refractivity contribution is 4.69. The SMILES string of the molecule is CCCCCCCCCC[C@@H](O)CN(C[C@H](C)O)C[C@H](C)O. The van der Waals surface area contributed by atoms with Crippen molar-refractivity contribution >= 4 is 0 Å². The van der Waals surface area contributed by atoms with E-state index in [1.54, 1.807) is 13.8 Å². The summed E-state index contributed by atoms with van der Waals surface area (Å²) in [5.74, 6) is 0. The fourth-order valence-corrected chi connectivity index (χ4v) is 2.87. The summed E-state index contributed by atoms with van der Waals surface area (Å²) >= 11 is 0. The van der Waals surface area contributed by atoms with E-state index in [2.05, 4.69) is 6.92 Å². The molecule has 0 aliphatic carbocycles. The van der Waals surface area contributed by atoms with Gasteiger partial charge in [0.2, 0.25) is 0 Å². The van der Waals surface area contributed by atoms with Crippen molar-refractivity contribution in [2.24, 2.45) is 0 Å². The Bertz CT molecular complexity index is 224. The lowest BCUT2D eigenvalue weighted by molar-refractivity contribution is 0.0443. The normalized spacial score (nSPS) is 16.0. The van der Waals surface area contributed by atoms with Crippen molar-refractivity contribution < 1.29 is 15.3 Å². The molecule has 0 saturated heterocycles. The first-order chi connectivity index (χ1) is 10.5. The summed E-state index contributed by atoms with van der Waals surface area (Å²) in [5.41, 5.74) is 0. The first kappa shape index (κ1) is 21.8. The predicted molar refractivity (Wildman–Crippen MR) is 93.0 cm³/mol. The third-order valence-corrected chi connectivity index (χ3v) is 3.90. The summed E-state index contributed by atoms with van der Waals surface area (Å²) in [6, 6.07) is 0. The van der Waals surface area contributed by atoms with E-state index in [4.69, 9.17) is 0 Å². The van der Waals surface area contributed by atoms with Gasteiger partial charge in [-0.25, -0.2) is 0 Å². The fraction of sp³-hybridized carbons (Fsp3) is 1.00. The van der Waals surface area contributed by atoms with Crippen molar-refractivity contribution in [1.29, 1.82) is 0 Å². The Morgan fingerprint density at radius 1 is 0.682 bits per heavy atom. The average Bonchev–Trinajstić information content (AvgIpc) is 2.40. The number of unbranched alkanes of at least 4 members (excludes halogenated alkanes) is 7. The molecule has 0 aliphatic rings. The molecule has 0 heterocycles. The molecule has 0 saturated carbocycles. The van der Waals surface area contributed by atoms with Crippen LogP contribution >= 0.6 is 0 Å². The minimum absolute atomic E-state index is 0.363. The van der Waals surface area contributed by atoms with E-state index < -0.39 is 12.2 Å². The quantitative estimate of drug-likeness (QED) is 0.406. The lowest BCUT2D eigenvalue weighted by Crippen LogP contribution is -2.41. The summed E-state index contributed by atoms with van der Waals surface area (Å²) in [5, 5.41) is 29.1. The number of aliphatic hydroxyl groups is 3. The zero-order valence-electron chi connectivity index (χ0n) is 15.0. The van der Waals surface area contributed by atoms with E-state index in [1.807, 2.05) is 4.90 Å². The number of hydrogen-bond acceptors (Lipinski definition) is 4. The van der Waals surface area contributed by atoms with Crippen LogP contribution in [0.3, 0.4) is 0 Å². The van der Waals surface area contributed by atoms with Crippen LogP contribution in [0.4, 0.5) is 0 Å². The van der Waals surface area contributed by atoms with Gasteiger partial charge >= 0.3 is 0 Å². The van der Waals surface area contributed by atoms with Gasteiger partial charge in [-0.1, -0.05) is 58.3 Å². The molecular weight excluding hydrogens is 278 g/mol. The van der Waals surface area contributed by atoms with Crippen molar-refractivity contribution in [2.45, 2.75) is 96.9 Å². The Hall–Kier alpha value is -0.160. The molecule has 3 atom stereocenters. The van der Waals surface area contributed by atoms with Crippen LogP contribution in [0, 0.1) is 0 Å². The van der Waals surface area contributed by atoms with E-state index in [1.165, 1.54) is 44.9 Å². The zero-order valence-corrected chi connectivity index (χ0v) is 15.0. The Morgan fingerprint density at radius 2 is 1.14 bits per heavy atom. The monoisotopic (exact) mass is 317 g/mol. The first-order valence-corrected chi connectivity index (χ1v) is 9.22. The highest BCUT2D eigenvalue weighted by Gasteiger charge is 2.15.